The molecule has 0 spiro atoms. The van der Waals surface area contributed by atoms with Gasteiger partial charge in [-0.3, -0.25) is 0 Å². The largest absolute Gasteiger partial charge is 0.140 e. The van der Waals surface area contributed by atoms with Gasteiger partial charge in [0.2, 0.25) is 0 Å². The van der Waals surface area contributed by atoms with Gasteiger partial charge < -0.3 is 0 Å². The van der Waals surface area contributed by atoms with Gasteiger partial charge in [-0.1, -0.05) is 6.92 Å². The molecule has 0 saturated heterocycles. The minimum atomic E-state index is 1.14. The number of rotatable bonds is 1. The number of fused-ring (bicyclic) bond motifs is 2. The number of aryl methyl sites for hydroxylation is 4. The molecule has 0 atom stereocenters. The molecule has 0 bridgehead atoms. The summed E-state index contributed by atoms with van der Waals surface area (Å²) in [7, 11) is 0. The maximum atomic E-state index is 2.39. The molecular formula is C15H16S2. The number of hydrogen-bond donors (Lipinski definition) is 0. The molecule has 3 aromatic rings. The quantitative estimate of drug-likeness (QED) is 0.534. The highest BCUT2D eigenvalue weighted by atomic mass is 32.1. The summed E-state index contributed by atoms with van der Waals surface area (Å²) < 4.78 is 2.97. The Morgan fingerprint density at radius 3 is 2.12 bits per heavy atom. The summed E-state index contributed by atoms with van der Waals surface area (Å²) in [6, 6.07) is 4.73. The first-order valence-electron chi connectivity index (χ1n) is 6.03. The molecule has 3 rings (SSSR count). The highest BCUT2D eigenvalue weighted by Gasteiger charge is 2.13. The molecule has 2 heteroatoms. The Morgan fingerprint density at radius 1 is 0.882 bits per heavy atom. The Morgan fingerprint density at radius 2 is 1.47 bits per heavy atom. The first-order valence-corrected chi connectivity index (χ1v) is 7.66. The summed E-state index contributed by atoms with van der Waals surface area (Å²) in [6.45, 7) is 8.98. The third-order valence-corrected chi connectivity index (χ3v) is 6.05. The zero-order valence-corrected chi connectivity index (χ0v) is 12.3. The van der Waals surface area contributed by atoms with E-state index >= 15 is 0 Å². The second-order valence-electron chi connectivity index (χ2n) is 4.66. The molecule has 0 aliphatic carbocycles. The standard InChI is InChI=1S/C15H16S2/c1-5-11-7-13-10(4)14-12(6-8(2)16-14)9(3)15(13)17-11/h6-7H,5H2,1-4H3. The van der Waals surface area contributed by atoms with E-state index in [-0.39, 0.29) is 0 Å². The van der Waals surface area contributed by atoms with Gasteiger partial charge in [0, 0.05) is 19.2 Å². The molecular weight excluding hydrogens is 244 g/mol. The average molecular weight is 260 g/mol. The van der Waals surface area contributed by atoms with Crippen LogP contribution < -0.4 is 0 Å². The zero-order valence-electron chi connectivity index (χ0n) is 10.7. The van der Waals surface area contributed by atoms with Crippen LogP contribution in [0.5, 0.6) is 0 Å². The van der Waals surface area contributed by atoms with Crippen molar-refractivity contribution < 1.29 is 0 Å². The van der Waals surface area contributed by atoms with E-state index in [4.69, 9.17) is 0 Å². The van der Waals surface area contributed by atoms with E-state index < -0.39 is 0 Å². The van der Waals surface area contributed by atoms with E-state index in [0.717, 1.165) is 6.42 Å². The lowest BCUT2D eigenvalue weighted by atomic mass is 10.0. The molecule has 0 N–H and O–H groups in total. The van der Waals surface area contributed by atoms with E-state index in [1.54, 1.807) is 0 Å². The van der Waals surface area contributed by atoms with Crippen molar-refractivity contribution in [3.63, 3.8) is 0 Å². The minimum Gasteiger partial charge on any atom is -0.140 e. The lowest BCUT2D eigenvalue weighted by Gasteiger charge is -2.03. The highest BCUT2D eigenvalue weighted by molar-refractivity contribution is 7.21. The highest BCUT2D eigenvalue weighted by Crippen LogP contribution is 2.40. The van der Waals surface area contributed by atoms with Crippen molar-refractivity contribution >= 4 is 42.8 Å². The summed E-state index contributed by atoms with van der Waals surface area (Å²) in [5.74, 6) is 0. The second kappa shape index (κ2) is 3.82. The van der Waals surface area contributed by atoms with E-state index in [0.29, 0.717) is 0 Å². The number of thiophene rings is 2. The van der Waals surface area contributed by atoms with Gasteiger partial charge in [0.1, 0.15) is 0 Å². The van der Waals surface area contributed by atoms with E-state index in [9.17, 15) is 0 Å². The summed E-state index contributed by atoms with van der Waals surface area (Å²) >= 11 is 3.90. The third-order valence-electron chi connectivity index (χ3n) is 3.48. The fourth-order valence-corrected chi connectivity index (χ4v) is 4.74. The smallest absolute Gasteiger partial charge is 0.0384 e. The first-order chi connectivity index (χ1) is 8.11. The van der Waals surface area contributed by atoms with Crippen LogP contribution in [0.3, 0.4) is 0 Å². The fourth-order valence-electron chi connectivity index (χ4n) is 2.49. The van der Waals surface area contributed by atoms with E-state index in [1.165, 1.54) is 41.1 Å². The van der Waals surface area contributed by atoms with Gasteiger partial charge in [-0.25, -0.2) is 0 Å². The van der Waals surface area contributed by atoms with Gasteiger partial charge >= 0.3 is 0 Å². The van der Waals surface area contributed by atoms with Crippen molar-refractivity contribution in [2.75, 3.05) is 0 Å². The fraction of sp³-hybridized carbons (Fsp3) is 0.333. The maximum Gasteiger partial charge on any atom is 0.0384 e. The van der Waals surface area contributed by atoms with Crippen molar-refractivity contribution in [3.05, 3.63) is 33.0 Å². The van der Waals surface area contributed by atoms with Gasteiger partial charge in [0.05, 0.1) is 0 Å². The summed E-state index contributed by atoms with van der Waals surface area (Å²) in [6.07, 6.45) is 1.14. The predicted molar refractivity (Wildman–Crippen MR) is 80.8 cm³/mol. The Hall–Kier alpha value is -0.860. The molecule has 17 heavy (non-hydrogen) atoms. The van der Waals surface area contributed by atoms with Crippen LogP contribution in [0, 0.1) is 20.8 Å². The van der Waals surface area contributed by atoms with Crippen LogP contribution in [0.2, 0.25) is 0 Å². The van der Waals surface area contributed by atoms with Crippen LogP contribution in [0.1, 0.15) is 27.8 Å². The molecule has 0 saturated carbocycles. The molecule has 88 valence electrons. The van der Waals surface area contributed by atoms with Crippen molar-refractivity contribution in [3.8, 4) is 0 Å². The zero-order chi connectivity index (χ0) is 12.2. The third kappa shape index (κ3) is 1.54. The lowest BCUT2D eigenvalue weighted by molar-refractivity contribution is 1.19. The van der Waals surface area contributed by atoms with Crippen LogP contribution in [0.4, 0.5) is 0 Å². The van der Waals surface area contributed by atoms with Crippen molar-refractivity contribution in [2.45, 2.75) is 34.1 Å². The SMILES string of the molecule is CCc1cc2c(C)c3sc(C)cc3c(C)c2s1. The van der Waals surface area contributed by atoms with Crippen LogP contribution in [0.25, 0.3) is 20.2 Å². The summed E-state index contributed by atoms with van der Waals surface area (Å²) in [4.78, 5) is 2.92. The molecule has 0 aliphatic heterocycles. The molecule has 0 radical (unpaired) electrons. The van der Waals surface area contributed by atoms with Gasteiger partial charge in [0.25, 0.3) is 0 Å². The molecule has 0 amide bonds. The van der Waals surface area contributed by atoms with Gasteiger partial charge in [-0.2, -0.15) is 0 Å². The molecule has 2 heterocycles. The number of hydrogen-bond acceptors (Lipinski definition) is 2. The normalized spacial score (nSPS) is 11.8. The Kier molecular flexibility index (Phi) is 2.53. The minimum absolute atomic E-state index is 1.14. The Balaban J connectivity index is 2.53. The summed E-state index contributed by atoms with van der Waals surface area (Å²) in [5.41, 5.74) is 2.93. The van der Waals surface area contributed by atoms with Crippen LogP contribution in [-0.2, 0) is 6.42 Å². The average Bonchev–Trinajstić information content (AvgIpc) is 2.89. The molecule has 1 aromatic carbocycles. The van der Waals surface area contributed by atoms with Crippen LogP contribution >= 0.6 is 22.7 Å². The Bertz CT molecular complexity index is 656. The molecule has 0 fully saturated rings. The summed E-state index contributed by atoms with van der Waals surface area (Å²) in [5, 5.41) is 2.93. The van der Waals surface area contributed by atoms with Crippen molar-refractivity contribution in [1.82, 2.24) is 0 Å². The van der Waals surface area contributed by atoms with Crippen molar-refractivity contribution in [1.29, 1.82) is 0 Å². The Labute approximate surface area is 110 Å². The molecule has 0 aliphatic rings. The van der Waals surface area contributed by atoms with Crippen molar-refractivity contribution in [2.24, 2.45) is 0 Å². The monoisotopic (exact) mass is 260 g/mol. The molecule has 2 aromatic heterocycles. The topological polar surface area (TPSA) is 0 Å². The second-order valence-corrected chi connectivity index (χ2v) is 7.05. The van der Waals surface area contributed by atoms with Crippen LogP contribution in [0.15, 0.2) is 12.1 Å². The van der Waals surface area contributed by atoms with Gasteiger partial charge in [0.15, 0.2) is 0 Å². The van der Waals surface area contributed by atoms with Gasteiger partial charge in [-0.15, -0.1) is 22.7 Å². The van der Waals surface area contributed by atoms with E-state index in [2.05, 4.69) is 39.8 Å². The van der Waals surface area contributed by atoms with Crippen LogP contribution in [-0.4, -0.2) is 0 Å². The first kappa shape index (κ1) is 11.2. The lowest BCUT2D eigenvalue weighted by Crippen LogP contribution is -1.79. The maximum absolute atomic E-state index is 2.39. The van der Waals surface area contributed by atoms with E-state index in [1.807, 2.05) is 22.7 Å². The predicted octanol–water partition coefficient (Wildman–Crippen LogP) is 5.60. The number of benzene rings is 1. The molecule has 0 nitrogen and oxygen atoms in total. The van der Waals surface area contributed by atoms with Gasteiger partial charge in [-0.05, 0) is 61.2 Å². The molecule has 0 unspecified atom stereocenters.